The molecular weight excluding hydrogens is 344 g/mol. The number of amides is 2. The highest BCUT2D eigenvalue weighted by atomic mass is 16.5. The fourth-order valence-corrected chi connectivity index (χ4v) is 3.80. The topological polar surface area (TPSA) is 67.9 Å². The number of nitrogens with zero attached hydrogens (tertiary/aromatic N) is 1. The molecule has 6 heteroatoms. The molecule has 1 aromatic rings. The van der Waals surface area contributed by atoms with E-state index in [1.54, 1.807) is 31.4 Å². The van der Waals surface area contributed by atoms with E-state index >= 15 is 0 Å². The number of rotatable bonds is 6. The smallest absolute Gasteiger partial charge is 0.253 e. The van der Waals surface area contributed by atoms with Gasteiger partial charge < -0.3 is 19.7 Å². The van der Waals surface area contributed by atoms with Gasteiger partial charge in [-0.1, -0.05) is 0 Å². The molecule has 2 heterocycles. The van der Waals surface area contributed by atoms with Crippen LogP contribution < -0.4 is 10.1 Å². The van der Waals surface area contributed by atoms with Gasteiger partial charge in [-0.2, -0.15) is 0 Å². The molecule has 6 nitrogen and oxygen atoms in total. The van der Waals surface area contributed by atoms with Crippen LogP contribution in [-0.4, -0.2) is 56.2 Å². The maximum atomic E-state index is 12.6. The summed E-state index contributed by atoms with van der Waals surface area (Å²) in [4.78, 5) is 26.8. The van der Waals surface area contributed by atoms with Crippen molar-refractivity contribution < 1.29 is 19.1 Å². The summed E-state index contributed by atoms with van der Waals surface area (Å²) in [6.07, 6.45) is 6.09. The van der Waals surface area contributed by atoms with Gasteiger partial charge in [0.2, 0.25) is 5.91 Å². The molecule has 27 heavy (non-hydrogen) atoms. The lowest BCUT2D eigenvalue weighted by molar-refractivity contribution is -0.126. The summed E-state index contributed by atoms with van der Waals surface area (Å²) in [6.45, 7) is 2.76. The van der Waals surface area contributed by atoms with Gasteiger partial charge in [-0.05, 0) is 62.8 Å². The van der Waals surface area contributed by atoms with Crippen LogP contribution in [0.4, 0.5) is 0 Å². The van der Waals surface area contributed by atoms with Crippen LogP contribution in [0, 0.1) is 5.92 Å². The van der Waals surface area contributed by atoms with E-state index in [1.165, 1.54) is 6.42 Å². The number of ether oxygens (including phenoxy) is 2. The van der Waals surface area contributed by atoms with Crippen molar-refractivity contribution in [2.24, 2.45) is 5.92 Å². The first-order chi connectivity index (χ1) is 13.2. The van der Waals surface area contributed by atoms with E-state index < -0.39 is 0 Å². The Labute approximate surface area is 161 Å². The third kappa shape index (κ3) is 5.45. The van der Waals surface area contributed by atoms with Crippen molar-refractivity contribution in [1.29, 1.82) is 0 Å². The fraction of sp³-hybridized carbons (Fsp3) is 0.619. The minimum Gasteiger partial charge on any atom is -0.497 e. The summed E-state index contributed by atoms with van der Waals surface area (Å²) >= 11 is 0. The number of likely N-dealkylation sites (tertiary alicyclic amines) is 1. The Morgan fingerprint density at radius 2 is 1.89 bits per heavy atom. The van der Waals surface area contributed by atoms with Crippen LogP contribution in [0.3, 0.4) is 0 Å². The number of hydrogen-bond acceptors (Lipinski definition) is 4. The third-order valence-corrected chi connectivity index (χ3v) is 5.53. The first kappa shape index (κ1) is 19.7. The van der Waals surface area contributed by atoms with Gasteiger partial charge in [-0.25, -0.2) is 0 Å². The summed E-state index contributed by atoms with van der Waals surface area (Å²) < 4.78 is 10.8. The first-order valence-electron chi connectivity index (χ1n) is 10.00. The molecule has 2 fully saturated rings. The maximum absolute atomic E-state index is 12.6. The van der Waals surface area contributed by atoms with Gasteiger partial charge in [-0.15, -0.1) is 0 Å². The number of nitrogens with one attached hydrogen (secondary N) is 1. The third-order valence-electron chi connectivity index (χ3n) is 5.53. The number of carbonyl (C=O) groups excluding carboxylic acids is 2. The van der Waals surface area contributed by atoms with Crippen LogP contribution in [0.25, 0.3) is 0 Å². The zero-order valence-electron chi connectivity index (χ0n) is 16.1. The highest BCUT2D eigenvalue weighted by molar-refractivity contribution is 5.94. The van der Waals surface area contributed by atoms with Gasteiger partial charge in [0.25, 0.3) is 5.91 Å². The van der Waals surface area contributed by atoms with Gasteiger partial charge in [-0.3, -0.25) is 9.59 Å². The summed E-state index contributed by atoms with van der Waals surface area (Å²) in [6, 6.07) is 7.16. The number of benzene rings is 1. The van der Waals surface area contributed by atoms with E-state index in [-0.39, 0.29) is 17.7 Å². The molecule has 2 saturated heterocycles. The maximum Gasteiger partial charge on any atom is 0.253 e. The van der Waals surface area contributed by atoms with E-state index in [9.17, 15) is 9.59 Å². The molecule has 0 aliphatic carbocycles. The van der Waals surface area contributed by atoms with Crippen molar-refractivity contribution in [3.63, 3.8) is 0 Å². The molecule has 2 amide bonds. The van der Waals surface area contributed by atoms with Crippen molar-refractivity contribution >= 4 is 11.8 Å². The summed E-state index contributed by atoms with van der Waals surface area (Å²) in [7, 11) is 1.61. The van der Waals surface area contributed by atoms with Gasteiger partial charge >= 0.3 is 0 Å². The van der Waals surface area contributed by atoms with E-state index in [0.29, 0.717) is 44.1 Å². The zero-order valence-corrected chi connectivity index (χ0v) is 16.1. The summed E-state index contributed by atoms with van der Waals surface area (Å²) in [5.74, 6) is 0.867. The first-order valence-corrected chi connectivity index (χ1v) is 10.00. The molecule has 0 saturated carbocycles. The average Bonchev–Trinajstić information content (AvgIpc) is 2.74. The van der Waals surface area contributed by atoms with Crippen LogP contribution in [0.1, 0.15) is 48.9 Å². The lowest BCUT2D eigenvalue weighted by Crippen LogP contribution is -2.43. The second-order valence-corrected chi connectivity index (χ2v) is 7.36. The molecule has 2 aliphatic rings. The van der Waals surface area contributed by atoms with Crippen molar-refractivity contribution in [2.45, 2.75) is 44.6 Å². The lowest BCUT2D eigenvalue weighted by atomic mass is 9.95. The van der Waals surface area contributed by atoms with Crippen LogP contribution >= 0.6 is 0 Å². The van der Waals surface area contributed by atoms with Crippen molar-refractivity contribution in [1.82, 2.24) is 10.2 Å². The number of carbonyl (C=O) groups is 2. The van der Waals surface area contributed by atoms with E-state index in [2.05, 4.69) is 5.32 Å². The summed E-state index contributed by atoms with van der Waals surface area (Å²) in [5, 5.41) is 3.05. The largest absolute Gasteiger partial charge is 0.497 e. The molecule has 0 aromatic heterocycles. The Kier molecular flexibility index (Phi) is 7.10. The molecule has 0 spiro atoms. The summed E-state index contributed by atoms with van der Waals surface area (Å²) in [5.41, 5.74) is 0.659. The molecule has 0 bridgehead atoms. The van der Waals surface area contributed by atoms with Gasteiger partial charge in [0, 0.05) is 37.7 Å². The van der Waals surface area contributed by atoms with Gasteiger partial charge in [0.05, 0.1) is 13.2 Å². The molecule has 3 rings (SSSR count). The molecule has 1 N–H and O–H groups in total. The Bertz CT molecular complexity index is 618. The van der Waals surface area contributed by atoms with E-state index in [1.807, 2.05) is 4.90 Å². The zero-order chi connectivity index (χ0) is 19.1. The fourth-order valence-electron chi connectivity index (χ4n) is 3.80. The number of hydrogen-bond donors (Lipinski definition) is 1. The minimum absolute atomic E-state index is 0.00260. The molecule has 1 atom stereocenters. The van der Waals surface area contributed by atoms with Gasteiger partial charge in [0.1, 0.15) is 5.75 Å². The molecule has 1 unspecified atom stereocenters. The predicted molar refractivity (Wildman–Crippen MR) is 103 cm³/mol. The standard InChI is InChI=1S/C21H30N2O4/c1-26-18-7-5-17(6-8-18)21(25)23-13-10-16(11-14-23)20(24)22-12-9-19-4-2-3-15-27-19/h5-8,16,19H,2-4,9-15H2,1H3,(H,22,24). The average molecular weight is 374 g/mol. The van der Waals surface area contributed by atoms with Crippen molar-refractivity contribution in [2.75, 3.05) is 33.4 Å². The monoisotopic (exact) mass is 374 g/mol. The van der Waals surface area contributed by atoms with Crippen molar-refractivity contribution in [3.05, 3.63) is 29.8 Å². The van der Waals surface area contributed by atoms with Gasteiger partial charge in [0.15, 0.2) is 0 Å². The molecule has 2 aliphatic heterocycles. The highest BCUT2D eigenvalue weighted by Crippen LogP contribution is 2.21. The van der Waals surface area contributed by atoms with Crippen LogP contribution in [0.2, 0.25) is 0 Å². The number of methoxy groups -OCH3 is 1. The molecule has 1 aromatic carbocycles. The number of piperidine rings is 1. The Morgan fingerprint density at radius 1 is 1.15 bits per heavy atom. The molecule has 0 radical (unpaired) electrons. The molecule has 148 valence electrons. The Balaban J connectivity index is 1.39. The minimum atomic E-state index is -0.00260. The lowest BCUT2D eigenvalue weighted by Gasteiger charge is -2.31. The predicted octanol–water partition coefficient (Wildman–Crippen LogP) is 2.62. The quantitative estimate of drug-likeness (QED) is 0.831. The van der Waals surface area contributed by atoms with E-state index in [4.69, 9.17) is 9.47 Å². The van der Waals surface area contributed by atoms with Crippen LogP contribution in [0.5, 0.6) is 5.75 Å². The van der Waals surface area contributed by atoms with Crippen LogP contribution in [0.15, 0.2) is 24.3 Å². The van der Waals surface area contributed by atoms with Crippen LogP contribution in [-0.2, 0) is 9.53 Å². The van der Waals surface area contributed by atoms with Crippen molar-refractivity contribution in [3.8, 4) is 5.75 Å². The Hall–Kier alpha value is -2.08. The second kappa shape index (κ2) is 9.74. The SMILES string of the molecule is COc1ccc(C(=O)N2CCC(C(=O)NCCC3CCCCO3)CC2)cc1. The second-order valence-electron chi connectivity index (χ2n) is 7.36. The molecular formula is C21H30N2O4. The highest BCUT2D eigenvalue weighted by Gasteiger charge is 2.27. The normalized spacial score (nSPS) is 20.9. The Morgan fingerprint density at radius 3 is 2.52 bits per heavy atom. The van der Waals surface area contributed by atoms with E-state index in [0.717, 1.165) is 31.6 Å².